The fraction of sp³-hybridized carbons (Fsp3) is 0.300. The minimum absolute atomic E-state index is 0.155. The predicted octanol–water partition coefficient (Wildman–Crippen LogP) is 2.20. The lowest BCUT2D eigenvalue weighted by atomic mass is 9.99. The van der Waals surface area contributed by atoms with Gasteiger partial charge in [-0.3, -0.25) is 4.79 Å². The second-order valence-corrected chi connectivity index (χ2v) is 9.03. The Bertz CT molecular complexity index is 1090. The van der Waals surface area contributed by atoms with Crippen molar-refractivity contribution in [3.63, 3.8) is 0 Å². The number of fused-ring (bicyclic) bond motifs is 1. The third-order valence-electron chi connectivity index (χ3n) is 5.20. The number of hydrogen-bond donors (Lipinski definition) is 2. The van der Waals surface area contributed by atoms with Crippen LogP contribution < -0.4 is 9.46 Å². The lowest BCUT2D eigenvalue weighted by Gasteiger charge is -2.25. The van der Waals surface area contributed by atoms with Gasteiger partial charge in [-0.25, -0.2) is 17.6 Å². The summed E-state index contributed by atoms with van der Waals surface area (Å²) in [6.45, 7) is 0.161. The van der Waals surface area contributed by atoms with Gasteiger partial charge in [0.25, 0.3) is 0 Å². The summed E-state index contributed by atoms with van der Waals surface area (Å²) >= 11 is 0. The molecule has 164 valence electrons. The molecule has 4 rings (SSSR count). The number of carbonyl (C=O) groups excluding carboxylic acids is 1. The van der Waals surface area contributed by atoms with Crippen molar-refractivity contribution in [2.45, 2.75) is 42.1 Å². The molecule has 1 aliphatic carbocycles. The van der Waals surface area contributed by atoms with Gasteiger partial charge < -0.3 is 19.3 Å². The summed E-state index contributed by atoms with van der Waals surface area (Å²) in [5, 5.41) is 9.67. The summed E-state index contributed by atoms with van der Waals surface area (Å²) in [5.41, 5.74) is -1.12. The number of rotatable bonds is 7. The molecule has 0 spiro atoms. The van der Waals surface area contributed by atoms with Crippen LogP contribution in [0.4, 0.5) is 9.18 Å². The van der Waals surface area contributed by atoms with E-state index in [1.54, 1.807) is 12.1 Å². The van der Waals surface area contributed by atoms with Crippen LogP contribution in [0, 0.1) is 5.82 Å². The number of halogens is 1. The van der Waals surface area contributed by atoms with Crippen molar-refractivity contribution in [3.8, 4) is 5.75 Å². The van der Waals surface area contributed by atoms with E-state index in [0.717, 1.165) is 5.56 Å². The van der Waals surface area contributed by atoms with E-state index in [0.29, 0.717) is 5.75 Å². The molecule has 0 bridgehead atoms. The molecular formula is C20H18FNO8S. The van der Waals surface area contributed by atoms with Gasteiger partial charge in [0.1, 0.15) is 35.9 Å². The van der Waals surface area contributed by atoms with Gasteiger partial charge >= 0.3 is 12.1 Å². The quantitative estimate of drug-likeness (QED) is 0.613. The fourth-order valence-corrected chi connectivity index (χ4v) is 5.00. The van der Waals surface area contributed by atoms with Crippen molar-refractivity contribution in [1.82, 2.24) is 4.72 Å². The van der Waals surface area contributed by atoms with Gasteiger partial charge in [-0.05, 0) is 42.0 Å². The van der Waals surface area contributed by atoms with Gasteiger partial charge in [0.15, 0.2) is 0 Å². The lowest BCUT2D eigenvalue weighted by Crippen LogP contribution is -2.53. The smallest absolute Gasteiger partial charge is 0.489 e. The van der Waals surface area contributed by atoms with Gasteiger partial charge in [0, 0.05) is 12.8 Å². The van der Waals surface area contributed by atoms with Crippen LogP contribution in [0.5, 0.6) is 5.75 Å². The Morgan fingerprint density at radius 1 is 1.10 bits per heavy atom. The first-order chi connectivity index (χ1) is 14.7. The molecule has 11 heteroatoms. The molecular weight excluding hydrogens is 433 g/mol. The average molecular weight is 451 g/mol. The minimum Gasteiger partial charge on any atom is -0.489 e. The molecule has 9 nitrogen and oxygen atoms in total. The Labute approximate surface area is 176 Å². The lowest BCUT2D eigenvalue weighted by molar-refractivity contribution is -0.144. The van der Waals surface area contributed by atoms with Crippen molar-refractivity contribution in [2.75, 3.05) is 0 Å². The van der Waals surface area contributed by atoms with Gasteiger partial charge in [-0.15, -0.1) is 0 Å². The zero-order chi connectivity index (χ0) is 22.2. The van der Waals surface area contributed by atoms with Crippen LogP contribution in [0.3, 0.4) is 0 Å². The molecule has 2 fully saturated rings. The summed E-state index contributed by atoms with van der Waals surface area (Å²) in [6, 6.07) is 11.2. The Morgan fingerprint density at radius 2 is 1.68 bits per heavy atom. The summed E-state index contributed by atoms with van der Waals surface area (Å²) in [6.07, 6.45) is -3.02. The summed E-state index contributed by atoms with van der Waals surface area (Å²) in [4.78, 5) is 22.9. The molecule has 31 heavy (non-hydrogen) atoms. The molecule has 1 saturated carbocycles. The average Bonchev–Trinajstić information content (AvgIpc) is 3.22. The molecule has 1 heterocycles. The number of carboxylic acid groups (broad SMARTS) is 1. The van der Waals surface area contributed by atoms with E-state index >= 15 is 0 Å². The van der Waals surface area contributed by atoms with Gasteiger partial charge in [0.2, 0.25) is 10.0 Å². The zero-order valence-corrected chi connectivity index (χ0v) is 16.8. The van der Waals surface area contributed by atoms with Crippen LogP contribution in [0.2, 0.25) is 0 Å². The highest BCUT2D eigenvalue weighted by atomic mass is 32.2. The first-order valence-corrected chi connectivity index (χ1v) is 10.8. The summed E-state index contributed by atoms with van der Waals surface area (Å²) < 4.78 is 56.1. The van der Waals surface area contributed by atoms with E-state index in [9.17, 15) is 27.5 Å². The molecule has 2 aromatic carbocycles. The van der Waals surface area contributed by atoms with E-state index in [1.807, 2.05) is 0 Å². The molecule has 1 saturated heterocycles. The van der Waals surface area contributed by atoms with Crippen molar-refractivity contribution in [2.24, 2.45) is 0 Å². The largest absolute Gasteiger partial charge is 0.509 e. The third kappa shape index (κ3) is 4.32. The van der Waals surface area contributed by atoms with Crippen LogP contribution in [0.25, 0.3) is 0 Å². The second-order valence-electron chi connectivity index (χ2n) is 7.35. The highest BCUT2D eigenvalue weighted by Crippen LogP contribution is 2.39. The summed E-state index contributed by atoms with van der Waals surface area (Å²) in [7, 11) is -4.20. The maximum absolute atomic E-state index is 12.9. The number of benzene rings is 2. The van der Waals surface area contributed by atoms with Crippen molar-refractivity contribution < 1.29 is 41.7 Å². The minimum atomic E-state index is -4.20. The SMILES string of the molecule is O=C1OC2CC(NS(=O)(=O)c3ccc(OCc4ccc(F)cc4)cc3)(C(=O)O)CC2O1. The normalized spacial score (nSPS) is 24.9. The Balaban J connectivity index is 1.45. The predicted molar refractivity (Wildman–Crippen MR) is 102 cm³/mol. The maximum Gasteiger partial charge on any atom is 0.509 e. The first-order valence-electron chi connectivity index (χ1n) is 9.29. The topological polar surface area (TPSA) is 128 Å². The van der Waals surface area contributed by atoms with Gasteiger partial charge in [0.05, 0.1) is 4.90 Å². The zero-order valence-electron chi connectivity index (χ0n) is 16.0. The number of nitrogens with one attached hydrogen (secondary N) is 1. The Morgan fingerprint density at radius 3 is 2.23 bits per heavy atom. The van der Waals surface area contributed by atoms with Crippen LogP contribution in [0.1, 0.15) is 18.4 Å². The standard InChI is InChI=1S/C20H18FNO8S/c21-13-3-1-12(2-4-13)11-28-14-5-7-15(8-6-14)31(26,27)22-20(18(23)24)9-16-17(10-20)30-19(25)29-16/h1-8,16-17,22H,9-11H2,(H,23,24). The fourth-order valence-electron chi connectivity index (χ4n) is 3.62. The molecule has 0 amide bonds. The Hall–Kier alpha value is -3.18. The maximum atomic E-state index is 12.9. The number of carboxylic acids is 1. The number of aliphatic carboxylic acids is 1. The monoisotopic (exact) mass is 451 g/mol. The highest BCUT2D eigenvalue weighted by Gasteiger charge is 2.58. The molecule has 0 radical (unpaired) electrons. The van der Waals surface area contributed by atoms with Crippen LogP contribution in [-0.4, -0.2) is 43.4 Å². The molecule has 1 aliphatic heterocycles. The summed E-state index contributed by atoms with van der Waals surface area (Å²) in [5.74, 6) is -1.36. The van der Waals surface area contributed by atoms with E-state index in [4.69, 9.17) is 14.2 Å². The molecule has 2 N–H and O–H groups in total. The van der Waals surface area contributed by atoms with Crippen molar-refractivity contribution in [3.05, 3.63) is 59.9 Å². The van der Waals surface area contributed by atoms with Crippen molar-refractivity contribution >= 4 is 22.1 Å². The van der Waals surface area contributed by atoms with E-state index in [2.05, 4.69) is 4.72 Å². The molecule has 2 aliphatic rings. The van der Waals surface area contributed by atoms with Crippen LogP contribution in [0.15, 0.2) is 53.4 Å². The Kier molecular flexibility index (Phi) is 5.31. The molecule has 2 atom stereocenters. The van der Waals surface area contributed by atoms with E-state index in [-0.39, 0.29) is 30.2 Å². The number of ether oxygens (including phenoxy) is 3. The van der Waals surface area contributed by atoms with Crippen molar-refractivity contribution in [1.29, 1.82) is 0 Å². The second kappa shape index (κ2) is 7.82. The molecule has 2 unspecified atom stereocenters. The van der Waals surface area contributed by atoms with Gasteiger partial charge in [-0.1, -0.05) is 12.1 Å². The number of hydrogen-bond acceptors (Lipinski definition) is 7. The van der Waals surface area contributed by atoms with E-state index < -0.39 is 39.9 Å². The van der Waals surface area contributed by atoms with Crippen LogP contribution >= 0.6 is 0 Å². The highest BCUT2D eigenvalue weighted by molar-refractivity contribution is 7.89. The molecule has 2 aromatic rings. The van der Waals surface area contributed by atoms with Crippen LogP contribution in [-0.2, 0) is 30.9 Å². The van der Waals surface area contributed by atoms with E-state index in [1.165, 1.54) is 36.4 Å². The number of sulfonamides is 1. The third-order valence-corrected chi connectivity index (χ3v) is 6.75. The number of carbonyl (C=O) groups is 2. The molecule has 0 aromatic heterocycles. The first kappa shape index (κ1) is 21.1. The van der Waals surface area contributed by atoms with Gasteiger partial charge in [-0.2, -0.15) is 4.72 Å².